The second-order valence-corrected chi connectivity index (χ2v) is 6.43. The van der Waals surface area contributed by atoms with Crippen molar-refractivity contribution >= 4 is 51.8 Å². The lowest BCUT2D eigenvalue weighted by Crippen LogP contribution is -2.23. The standard InChI is InChI=1S/C18H11Cl2NO5/c19-9-3-1-2-8(6-9)16(22)15-13(14(17(23)24)18(25)26)11-5-4-10(20)7-12(11)21-15/h1-7,14,21H,(H,23,24)(H,25,26). The summed E-state index contributed by atoms with van der Waals surface area (Å²) >= 11 is 11.9. The molecule has 0 atom stereocenters. The van der Waals surface area contributed by atoms with Crippen LogP contribution in [0.4, 0.5) is 0 Å². The van der Waals surface area contributed by atoms with Crippen LogP contribution in [-0.2, 0) is 9.59 Å². The van der Waals surface area contributed by atoms with Gasteiger partial charge in [-0.3, -0.25) is 14.4 Å². The number of carboxylic acid groups (broad SMARTS) is 2. The Kier molecular flexibility index (Phi) is 4.71. The number of hydrogen-bond donors (Lipinski definition) is 3. The molecule has 1 aromatic heterocycles. The number of H-pyrrole nitrogens is 1. The van der Waals surface area contributed by atoms with E-state index in [1.807, 2.05) is 0 Å². The molecule has 0 unspecified atom stereocenters. The van der Waals surface area contributed by atoms with Gasteiger partial charge >= 0.3 is 11.9 Å². The van der Waals surface area contributed by atoms with E-state index in [9.17, 15) is 24.6 Å². The van der Waals surface area contributed by atoms with Crippen LogP contribution in [0.25, 0.3) is 10.9 Å². The summed E-state index contributed by atoms with van der Waals surface area (Å²) in [6, 6.07) is 10.6. The Morgan fingerprint density at radius 1 is 0.923 bits per heavy atom. The van der Waals surface area contributed by atoms with Crippen molar-refractivity contribution in [3.63, 3.8) is 0 Å². The van der Waals surface area contributed by atoms with E-state index in [2.05, 4.69) is 4.98 Å². The highest BCUT2D eigenvalue weighted by Crippen LogP contribution is 2.33. The topological polar surface area (TPSA) is 107 Å². The number of aromatic amines is 1. The van der Waals surface area contributed by atoms with Gasteiger partial charge in [-0.1, -0.05) is 41.4 Å². The van der Waals surface area contributed by atoms with E-state index >= 15 is 0 Å². The largest absolute Gasteiger partial charge is 0.480 e. The van der Waals surface area contributed by atoms with E-state index < -0.39 is 23.6 Å². The quantitative estimate of drug-likeness (QED) is 0.450. The molecule has 0 aliphatic carbocycles. The minimum absolute atomic E-state index is 0.123. The van der Waals surface area contributed by atoms with E-state index in [1.54, 1.807) is 12.1 Å². The summed E-state index contributed by atoms with van der Waals surface area (Å²) in [5.41, 5.74) is 0.317. The van der Waals surface area contributed by atoms with Crippen LogP contribution in [-0.4, -0.2) is 32.9 Å². The molecule has 132 valence electrons. The van der Waals surface area contributed by atoms with Gasteiger partial charge in [-0.2, -0.15) is 0 Å². The molecule has 3 rings (SSSR count). The van der Waals surface area contributed by atoms with E-state index in [1.165, 1.54) is 30.3 Å². The maximum atomic E-state index is 12.9. The number of aromatic nitrogens is 1. The van der Waals surface area contributed by atoms with Gasteiger partial charge in [0.05, 0.1) is 5.69 Å². The van der Waals surface area contributed by atoms with Gasteiger partial charge in [0.1, 0.15) is 0 Å². The summed E-state index contributed by atoms with van der Waals surface area (Å²) < 4.78 is 0. The maximum absolute atomic E-state index is 12.9. The van der Waals surface area contributed by atoms with Gasteiger partial charge < -0.3 is 15.2 Å². The van der Waals surface area contributed by atoms with Crippen LogP contribution in [0, 0.1) is 0 Å². The summed E-state index contributed by atoms with van der Waals surface area (Å²) in [6.07, 6.45) is 0. The van der Waals surface area contributed by atoms with Crippen LogP contribution in [0.2, 0.25) is 10.0 Å². The van der Waals surface area contributed by atoms with E-state index in [-0.39, 0.29) is 16.8 Å². The molecule has 6 nitrogen and oxygen atoms in total. The zero-order chi connectivity index (χ0) is 19.0. The van der Waals surface area contributed by atoms with Crippen molar-refractivity contribution < 1.29 is 24.6 Å². The Morgan fingerprint density at radius 2 is 1.58 bits per heavy atom. The van der Waals surface area contributed by atoms with Crippen LogP contribution < -0.4 is 0 Å². The van der Waals surface area contributed by atoms with Gasteiger partial charge in [0.2, 0.25) is 5.78 Å². The molecule has 0 fully saturated rings. The SMILES string of the molecule is O=C(c1cccc(Cl)c1)c1[nH]c2cc(Cl)ccc2c1C(C(=O)O)C(=O)O. The Bertz CT molecular complexity index is 1040. The van der Waals surface area contributed by atoms with Crippen LogP contribution >= 0.6 is 23.2 Å². The molecule has 3 aromatic rings. The average Bonchev–Trinajstić information content (AvgIpc) is 2.92. The third-order valence-electron chi connectivity index (χ3n) is 3.90. The fourth-order valence-electron chi connectivity index (χ4n) is 2.80. The monoisotopic (exact) mass is 391 g/mol. The van der Waals surface area contributed by atoms with Crippen molar-refractivity contribution in [1.29, 1.82) is 0 Å². The summed E-state index contributed by atoms with van der Waals surface area (Å²) in [5.74, 6) is -5.63. The number of hydrogen-bond acceptors (Lipinski definition) is 3. The number of fused-ring (bicyclic) bond motifs is 1. The first-order chi connectivity index (χ1) is 12.3. The molecule has 0 aliphatic rings. The van der Waals surface area contributed by atoms with E-state index in [0.717, 1.165) is 0 Å². The number of halogens is 2. The first-order valence-corrected chi connectivity index (χ1v) is 8.12. The molecule has 2 aromatic carbocycles. The number of carbonyl (C=O) groups excluding carboxylic acids is 1. The predicted molar refractivity (Wildman–Crippen MR) is 96.2 cm³/mol. The fraction of sp³-hybridized carbons (Fsp3) is 0.0556. The van der Waals surface area contributed by atoms with Gasteiger partial charge in [-0.25, -0.2) is 0 Å². The lowest BCUT2D eigenvalue weighted by molar-refractivity contribution is -0.149. The van der Waals surface area contributed by atoms with Gasteiger partial charge in [-0.05, 0) is 24.3 Å². The normalized spacial score (nSPS) is 11.0. The number of ketones is 1. The van der Waals surface area contributed by atoms with Crippen LogP contribution in [0.1, 0.15) is 27.5 Å². The Labute approximate surface area is 157 Å². The molecule has 0 radical (unpaired) electrons. The van der Waals surface area contributed by atoms with Crippen molar-refractivity contribution in [2.24, 2.45) is 0 Å². The van der Waals surface area contributed by atoms with Gasteiger partial charge in [0.25, 0.3) is 0 Å². The molecular weight excluding hydrogens is 381 g/mol. The first-order valence-electron chi connectivity index (χ1n) is 7.36. The van der Waals surface area contributed by atoms with Gasteiger partial charge in [0, 0.05) is 32.1 Å². The number of aliphatic carboxylic acids is 2. The van der Waals surface area contributed by atoms with Gasteiger partial charge in [-0.15, -0.1) is 0 Å². The molecule has 8 heteroatoms. The van der Waals surface area contributed by atoms with Crippen LogP contribution in [0.15, 0.2) is 42.5 Å². The summed E-state index contributed by atoms with van der Waals surface area (Å²) in [6.45, 7) is 0. The molecule has 0 saturated carbocycles. The molecule has 0 amide bonds. The number of benzene rings is 2. The van der Waals surface area contributed by atoms with Crippen LogP contribution in [0.5, 0.6) is 0 Å². The number of rotatable bonds is 5. The minimum atomic E-state index is -1.91. The summed E-state index contributed by atoms with van der Waals surface area (Å²) in [4.78, 5) is 38.8. The smallest absolute Gasteiger partial charge is 0.322 e. The fourth-order valence-corrected chi connectivity index (χ4v) is 3.16. The number of nitrogens with one attached hydrogen (secondary N) is 1. The molecule has 0 aliphatic heterocycles. The maximum Gasteiger partial charge on any atom is 0.322 e. The van der Waals surface area contributed by atoms with Crippen LogP contribution in [0.3, 0.4) is 0 Å². The second-order valence-electron chi connectivity index (χ2n) is 5.55. The Hall–Kier alpha value is -2.83. The van der Waals surface area contributed by atoms with Crippen molar-refractivity contribution in [1.82, 2.24) is 4.98 Å². The Balaban J connectivity index is 2.30. The molecule has 0 saturated heterocycles. The molecule has 0 bridgehead atoms. The highest BCUT2D eigenvalue weighted by atomic mass is 35.5. The first kappa shape index (κ1) is 18.0. The average molecular weight is 392 g/mol. The number of carbonyl (C=O) groups is 3. The zero-order valence-corrected chi connectivity index (χ0v) is 14.5. The Morgan fingerprint density at radius 3 is 2.19 bits per heavy atom. The van der Waals surface area contributed by atoms with Crippen molar-refractivity contribution in [3.8, 4) is 0 Å². The molecular formula is C18H11Cl2NO5. The van der Waals surface area contributed by atoms with Gasteiger partial charge in [0.15, 0.2) is 5.92 Å². The highest BCUT2D eigenvalue weighted by Gasteiger charge is 2.35. The predicted octanol–water partition coefficient (Wildman–Crippen LogP) is 3.96. The lowest BCUT2D eigenvalue weighted by atomic mass is 9.93. The second kappa shape index (κ2) is 6.82. The number of carboxylic acids is 2. The minimum Gasteiger partial charge on any atom is -0.480 e. The van der Waals surface area contributed by atoms with Crippen molar-refractivity contribution in [2.45, 2.75) is 5.92 Å². The summed E-state index contributed by atoms with van der Waals surface area (Å²) in [7, 11) is 0. The molecule has 26 heavy (non-hydrogen) atoms. The zero-order valence-electron chi connectivity index (χ0n) is 13.0. The molecule has 3 N–H and O–H groups in total. The highest BCUT2D eigenvalue weighted by molar-refractivity contribution is 6.32. The van der Waals surface area contributed by atoms with E-state index in [4.69, 9.17) is 23.2 Å². The van der Waals surface area contributed by atoms with Crippen molar-refractivity contribution in [3.05, 3.63) is 69.3 Å². The third kappa shape index (κ3) is 3.16. The van der Waals surface area contributed by atoms with Crippen molar-refractivity contribution in [2.75, 3.05) is 0 Å². The van der Waals surface area contributed by atoms with E-state index in [0.29, 0.717) is 20.9 Å². The lowest BCUT2D eigenvalue weighted by Gasteiger charge is -2.10. The molecule has 0 spiro atoms. The third-order valence-corrected chi connectivity index (χ3v) is 4.37. The summed E-state index contributed by atoms with van der Waals surface area (Å²) in [5, 5.41) is 19.8. The molecule has 1 heterocycles.